The summed E-state index contributed by atoms with van der Waals surface area (Å²) in [6, 6.07) is 13.9. The van der Waals surface area contributed by atoms with Crippen LogP contribution < -0.4 is 5.63 Å². The van der Waals surface area contributed by atoms with Gasteiger partial charge in [-0.15, -0.1) is 16.8 Å². The standard InChI is InChI=1S/C24H23N3O2S/c1-5-11-27-23(18-8-6-7-15(2)12-18)25-26-24(27)30-14-19-13-21(28)29-22-17(4)16(3)9-10-20(19)22/h5-10,12-13H,1,11,14H2,2-4H3. The van der Waals surface area contributed by atoms with Crippen LogP contribution in [0.4, 0.5) is 0 Å². The lowest BCUT2D eigenvalue weighted by atomic mass is 10.0. The number of allylic oxidation sites excluding steroid dienone is 1. The van der Waals surface area contributed by atoms with Crippen LogP contribution in [0.1, 0.15) is 22.3 Å². The largest absolute Gasteiger partial charge is 0.422 e. The zero-order valence-corrected chi connectivity index (χ0v) is 18.1. The molecular formula is C24H23N3O2S. The van der Waals surface area contributed by atoms with Gasteiger partial charge in [-0.25, -0.2) is 4.79 Å². The Hall–Kier alpha value is -3.12. The van der Waals surface area contributed by atoms with E-state index in [4.69, 9.17) is 4.42 Å². The Morgan fingerprint density at radius 2 is 1.97 bits per heavy atom. The summed E-state index contributed by atoms with van der Waals surface area (Å²) in [5, 5.41) is 10.6. The van der Waals surface area contributed by atoms with Gasteiger partial charge in [0.15, 0.2) is 11.0 Å². The van der Waals surface area contributed by atoms with Gasteiger partial charge in [0.1, 0.15) is 5.58 Å². The number of hydrogen-bond acceptors (Lipinski definition) is 5. The van der Waals surface area contributed by atoms with Gasteiger partial charge in [-0.05, 0) is 43.5 Å². The molecule has 0 saturated heterocycles. The first-order valence-corrected chi connectivity index (χ1v) is 10.7. The molecule has 0 aliphatic rings. The third kappa shape index (κ3) is 3.83. The van der Waals surface area contributed by atoms with Crippen LogP contribution in [-0.4, -0.2) is 14.8 Å². The molecule has 5 nitrogen and oxygen atoms in total. The lowest BCUT2D eigenvalue weighted by Gasteiger charge is -2.10. The Morgan fingerprint density at radius 1 is 1.13 bits per heavy atom. The highest BCUT2D eigenvalue weighted by molar-refractivity contribution is 7.98. The van der Waals surface area contributed by atoms with Crippen molar-refractivity contribution in [3.8, 4) is 11.4 Å². The lowest BCUT2D eigenvalue weighted by molar-refractivity contribution is 0.557. The predicted octanol–water partition coefficient (Wildman–Crippen LogP) is 5.46. The van der Waals surface area contributed by atoms with Gasteiger partial charge in [0.2, 0.25) is 0 Å². The van der Waals surface area contributed by atoms with Gasteiger partial charge in [-0.2, -0.15) is 0 Å². The molecule has 2 aromatic carbocycles. The molecule has 0 N–H and O–H groups in total. The van der Waals surface area contributed by atoms with Crippen molar-refractivity contribution in [3.05, 3.63) is 87.8 Å². The van der Waals surface area contributed by atoms with Gasteiger partial charge in [-0.3, -0.25) is 4.57 Å². The zero-order valence-electron chi connectivity index (χ0n) is 17.3. The molecule has 0 radical (unpaired) electrons. The van der Waals surface area contributed by atoms with Gasteiger partial charge < -0.3 is 4.42 Å². The van der Waals surface area contributed by atoms with Gasteiger partial charge >= 0.3 is 5.63 Å². The maximum atomic E-state index is 12.1. The summed E-state index contributed by atoms with van der Waals surface area (Å²) >= 11 is 1.55. The fraction of sp³-hybridized carbons (Fsp3) is 0.208. The van der Waals surface area contributed by atoms with E-state index in [1.165, 1.54) is 5.56 Å². The Bertz CT molecular complexity index is 1300. The van der Waals surface area contributed by atoms with Crippen LogP contribution in [0.2, 0.25) is 0 Å². The minimum Gasteiger partial charge on any atom is -0.422 e. The van der Waals surface area contributed by atoms with Crippen LogP contribution >= 0.6 is 11.8 Å². The van der Waals surface area contributed by atoms with Gasteiger partial charge in [0, 0.05) is 29.3 Å². The van der Waals surface area contributed by atoms with E-state index in [0.717, 1.165) is 38.6 Å². The number of nitrogens with zero attached hydrogens (tertiary/aromatic N) is 3. The summed E-state index contributed by atoms with van der Waals surface area (Å²) in [4.78, 5) is 12.1. The molecule has 4 rings (SSSR count). The van der Waals surface area contributed by atoms with Crippen LogP contribution in [-0.2, 0) is 12.3 Å². The highest BCUT2D eigenvalue weighted by atomic mass is 32.2. The lowest BCUT2D eigenvalue weighted by Crippen LogP contribution is -2.03. The molecule has 0 aliphatic heterocycles. The Morgan fingerprint density at radius 3 is 2.73 bits per heavy atom. The average Bonchev–Trinajstić information content (AvgIpc) is 3.12. The fourth-order valence-corrected chi connectivity index (χ4v) is 4.41. The van der Waals surface area contributed by atoms with E-state index >= 15 is 0 Å². The van der Waals surface area contributed by atoms with Crippen molar-refractivity contribution < 1.29 is 4.42 Å². The third-order valence-electron chi connectivity index (χ3n) is 5.18. The highest BCUT2D eigenvalue weighted by Gasteiger charge is 2.15. The molecule has 0 atom stereocenters. The van der Waals surface area contributed by atoms with E-state index < -0.39 is 0 Å². The minimum atomic E-state index is -0.334. The number of aromatic nitrogens is 3. The summed E-state index contributed by atoms with van der Waals surface area (Å²) in [6.45, 7) is 10.5. The van der Waals surface area contributed by atoms with Crippen molar-refractivity contribution >= 4 is 22.7 Å². The van der Waals surface area contributed by atoms with Crippen LogP contribution in [0.3, 0.4) is 0 Å². The van der Waals surface area contributed by atoms with Crippen molar-refractivity contribution in [3.63, 3.8) is 0 Å². The second kappa shape index (κ2) is 8.32. The zero-order chi connectivity index (χ0) is 21.3. The molecule has 6 heteroatoms. The number of rotatable bonds is 6. The highest BCUT2D eigenvalue weighted by Crippen LogP contribution is 2.30. The molecule has 0 amide bonds. The number of hydrogen-bond donors (Lipinski definition) is 0. The molecule has 30 heavy (non-hydrogen) atoms. The second-order valence-corrected chi connectivity index (χ2v) is 8.28. The molecule has 0 bridgehead atoms. The van der Waals surface area contributed by atoms with Crippen LogP contribution in [0.15, 0.2) is 69.5 Å². The van der Waals surface area contributed by atoms with Gasteiger partial charge in [0.25, 0.3) is 0 Å². The molecule has 0 saturated carbocycles. The van der Waals surface area contributed by atoms with Crippen molar-refractivity contribution in [2.45, 2.75) is 38.2 Å². The van der Waals surface area contributed by atoms with Crippen molar-refractivity contribution in [2.75, 3.05) is 0 Å². The maximum Gasteiger partial charge on any atom is 0.336 e. The molecule has 4 aromatic rings. The first-order valence-electron chi connectivity index (χ1n) is 9.75. The van der Waals surface area contributed by atoms with E-state index in [1.807, 2.05) is 38.1 Å². The second-order valence-electron chi connectivity index (χ2n) is 7.34. The quantitative estimate of drug-likeness (QED) is 0.237. The normalized spacial score (nSPS) is 11.2. The van der Waals surface area contributed by atoms with E-state index in [2.05, 4.69) is 46.5 Å². The van der Waals surface area contributed by atoms with Gasteiger partial charge in [0.05, 0.1) is 0 Å². The van der Waals surface area contributed by atoms with E-state index in [1.54, 1.807) is 17.8 Å². The van der Waals surface area contributed by atoms with Crippen LogP contribution in [0.5, 0.6) is 0 Å². The topological polar surface area (TPSA) is 60.9 Å². The molecule has 0 unspecified atom stereocenters. The van der Waals surface area contributed by atoms with Crippen LogP contribution in [0, 0.1) is 20.8 Å². The Labute approximate surface area is 179 Å². The number of thioether (sulfide) groups is 1. The van der Waals surface area contributed by atoms with Gasteiger partial charge in [-0.1, -0.05) is 53.7 Å². The van der Waals surface area contributed by atoms with Crippen molar-refractivity contribution in [1.29, 1.82) is 0 Å². The smallest absolute Gasteiger partial charge is 0.336 e. The summed E-state index contributed by atoms with van der Waals surface area (Å²) in [5.74, 6) is 1.40. The first-order chi connectivity index (χ1) is 14.5. The monoisotopic (exact) mass is 417 g/mol. The average molecular weight is 418 g/mol. The molecule has 152 valence electrons. The number of benzene rings is 2. The van der Waals surface area contributed by atoms with E-state index in [-0.39, 0.29) is 5.63 Å². The third-order valence-corrected chi connectivity index (χ3v) is 6.19. The van der Waals surface area contributed by atoms with E-state index in [0.29, 0.717) is 17.9 Å². The molecule has 0 aliphatic carbocycles. The van der Waals surface area contributed by atoms with Crippen molar-refractivity contribution in [2.24, 2.45) is 0 Å². The number of fused-ring (bicyclic) bond motifs is 1. The summed E-state index contributed by atoms with van der Waals surface area (Å²) in [6.07, 6.45) is 1.84. The Kier molecular flexibility index (Phi) is 5.59. The van der Waals surface area contributed by atoms with Crippen LogP contribution in [0.25, 0.3) is 22.4 Å². The summed E-state index contributed by atoms with van der Waals surface area (Å²) in [5.41, 5.74) is 5.54. The summed E-state index contributed by atoms with van der Waals surface area (Å²) in [7, 11) is 0. The SMILES string of the molecule is C=CCn1c(SCc2cc(=O)oc3c(C)c(C)ccc23)nnc1-c1cccc(C)c1. The molecule has 2 aromatic heterocycles. The minimum absolute atomic E-state index is 0.334. The Balaban J connectivity index is 1.70. The first kappa shape index (κ1) is 20.2. The van der Waals surface area contributed by atoms with Crippen molar-refractivity contribution in [1.82, 2.24) is 14.8 Å². The molecule has 2 heterocycles. The molecule has 0 spiro atoms. The summed E-state index contributed by atoms with van der Waals surface area (Å²) < 4.78 is 7.54. The molecular weight excluding hydrogens is 394 g/mol. The predicted molar refractivity (Wildman–Crippen MR) is 122 cm³/mol. The maximum absolute atomic E-state index is 12.1. The molecule has 0 fully saturated rings. The van der Waals surface area contributed by atoms with E-state index in [9.17, 15) is 4.79 Å². The number of aryl methyl sites for hydroxylation is 3. The fourth-order valence-electron chi connectivity index (χ4n) is 3.47.